The van der Waals surface area contributed by atoms with Crippen LogP contribution in [0.15, 0.2) is 30.6 Å². The molecule has 1 saturated heterocycles. The first kappa shape index (κ1) is 15.8. The van der Waals surface area contributed by atoms with Gasteiger partial charge in [0.2, 0.25) is 5.95 Å². The van der Waals surface area contributed by atoms with E-state index in [9.17, 15) is 0 Å². The van der Waals surface area contributed by atoms with Gasteiger partial charge in [-0.1, -0.05) is 6.07 Å². The number of nitrogens with two attached hydrogens (primary N) is 1. The van der Waals surface area contributed by atoms with Gasteiger partial charge in [-0.2, -0.15) is 15.1 Å². The molecule has 0 bridgehead atoms. The molecule has 8 heteroatoms. The fourth-order valence-corrected chi connectivity index (χ4v) is 3.29. The van der Waals surface area contributed by atoms with Gasteiger partial charge in [-0.05, 0) is 19.1 Å². The van der Waals surface area contributed by atoms with Gasteiger partial charge in [-0.25, -0.2) is 0 Å². The molecule has 1 fully saturated rings. The van der Waals surface area contributed by atoms with E-state index in [1.807, 2.05) is 25.4 Å². The van der Waals surface area contributed by atoms with Crippen molar-refractivity contribution >= 4 is 22.8 Å². The van der Waals surface area contributed by atoms with E-state index in [-0.39, 0.29) is 0 Å². The maximum Gasteiger partial charge on any atom is 0.229 e. The van der Waals surface area contributed by atoms with E-state index in [4.69, 9.17) is 5.73 Å². The number of fused-ring (bicyclic) bond motifs is 1. The van der Waals surface area contributed by atoms with Gasteiger partial charge in [0.25, 0.3) is 0 Å². The lowest BCUT2D eigenvalue weighted by Crippen LogP contribution is -2.47. The van der Waals surface area contributed by atoms with Crippen molar-refractivity contribution in [2.24, 2.45) is 7.05 Å². The van der Waals surface area contributed by atoms with Gasteiger partial charge < -0.3 is 10.6 Å². The molecule has 2 N–H and O–H groups in total. The Hall–Kier alpha value is -2.74. The van der Waals surface area contributed by atoms with Crippen LogP contribution in [0.4, 0.5) is 11.8 Å². The van der Waals surface area contributed by atoms with Crippen LogP contribution in [0.1, 0.15) is 18.7 Å². The number of hydrogen-bond acceptors (Lipinski definition) is 7. The van der Waals surface area contributed by atoms with Crippen molar-refractivity contribution in [3.63, 3.8) is 0 Å². The molecule has 0 aromatic carbocycles. The molecule has 1 atom stereocenters. The van der Waals surface area contributed by atoms with Crippen LogP contribution in [0.5, 0.6) is 0 Å². The fraction of sp³-hybridized carbons (Fsp3) is 0.412. The first-order valence-electron chi connectivity index (χ1n) is 8.48. The highest BCUT2D eigenvalue weighted by atomic mass is 15.4. The SMILES string of the molecule is C[C@H](c1ccccn1)N1CCN(c2nc(N)c3cnn(C)c3n2)CC1. The molecule has 1 aliphatic heterocycles. The Kier molecular flexibility index (Phi) is 3.96. The number of hydrogen-bond donors (Lipinski definition) is 1. The highest BCUT2D eigenvalue weighted by molar-refractivity contribution is 5.86. The van der Waals surface area contributed by atoms with Crippen LogP contribution in [0.3, 0.4) is 0 Å². The highest BCUT2D eigenvalue weighted by Gasteiger charge is 2.24. The Morgan fingerprint density at radius 2 is 1.92 bits per heavy atom. The molecule has 8 nitrogen and oxygen atoms in total. The smallest absolute Gasteiger partial charge is 0.229 e. The molecule has 0 radical (unpaired) electrons. The monoisotopic (exact) mass is 338 g/mol. The first-order valence-corrected chi connectivity index (χ1v) is 8.48. The highest BCUT2D eigenvalue weighted by Crippen LogP contribution is 2.24. The van der Waals surface area contributed by atoms with E-state index >= 15 is 0 Å². The van der Waals surface area contributed by atoms with Crippen LogP contribution in [-0.4, -0.2) is 55.8 Å². The zero-order valence-electron chi connectivity index (χ0n) is 14.5. The second-order valence-electron chi connectivity index (χ2n) is 6.37. The molecule has 0 amide bonds. The molecule has 4 heterocycles. The predicted octanol–water partition coefficient (Wildman–Crippen LogP) is 1.22. The summed E-state index contributed by atoms with van der Waals surface area (Å²) in [7, 11) is 1.87. The van der Waals surface area contributed by atoms with Crippen LogP contribution in [0.25, 0.3) is 11.0 Å². The maximum absolute atomic E-state index is 6.08. The minimum Gasteiger partial charge on any atom is -0.383 e. The molecule has 130 valence electrons. The molecular weight excluding hydrogens is 316 g/mol. The number of piperazine rings is 1. The van der Waals surface area contributed by atoms with Crippen molar-refractivity contribution in [2.75, 3.05) is 36.8 Å². The van der Waals surface area contributed by atoms with Crippen molar-refractivity contribution in [2.45, 2.75) is 13.0 Å². The van der Waals surface area contributed by atoms with E-state index in [0.717, 1.165) is 42.9 Å². The summed E-state index contributed by atoms with van der Waals surface area (Å²) >= 11 is 0. The summed E-state index contributed by atoms with van der Waals surface area (Å²) < 4.78 is 1.73. The predicted molar refractivity (Wildman–Crippen MR) is 97.2 cm³/mol. The normalized spacial score (nSPS) is 17.1. The van der Waals surface area contributed by atoms with Crippen LogP contribution in [0.2, 0.25) is 0 Å². The standard InChI is InChI=1S/C17H22N8/c1-12(14-5-3-4-6-19-14)24-7-9-25(10-8-24)17-21-15(18)13-11-20-23(2)16(13)22-17/h3-6,11-12H,7-10H2,1-2H3,(H2,18,21,22)/t12-/m1/s1. The second-order valence-corrected chi connectivity index (χ2v) is 6.37. The molecule has 0 saturated carbocycles. The van der Waals surface area contributed by atoms with Gasteiger partial charge in [0.1, 0.15) is 5.82 Å². The van der Waals surface area contributed by atoms with Crippen molar-refractivity contribution in [1.82, 2.24) is 29.6 Å². The van der Waals surface area contributed by atoms with Crippen LogP contribution in [-0.2, 0) is 7.05 Å². The number of pyridine rings is 1. The number of rotatable bonds is 3. The summed E-state index contributed by atoms with van der Waals surface area (Å²) in [6.45, 7) is 5.79. The van der Waals surface area contributed by atoms with Crippen molar-refractivity contribution in [3.8, 4) is 0 Å². The quantitative estimate of drug-likeness (QED) is 0.768. The number of anilines is 2. The van der Waals surface area contributed by atoms with Gasteiger partial charge in [-0.3, -0.25) is 14.6 Å². The fourth-order valence-electron chi connectivity index (χ4n) is 3.29. The van der Waals surface area contributed by atoms with Crippen LogP contribution < -0.4 is 10.6 Å². The van der Waals surface area contributed by atoms with E-state index < -0.39 is 0 Å². The van der Waals surface area contributed by atoms with Gasteiger partial charge in [0.05, 0.1) is 17.3 Å². The van der Waals surface area contributed by atoms with Gasteiger partial charge in [-0.15, -0.1) is 0 Å². The summed E-state index contributed by atoms with van der Waals surface area (Å²) in [6.07, 6.45) is 3.56. The number of aryl methyl sites for hydroxylation is 1. The number of nitrogens with zero attached hydrogens (tertiary/aromatic N) is 7. The average Bonchev–Trinajstić information content (AvgIpc) is 3.04. The third-order valence-electron chi connectivity index (χ3n) is 4.87. The molecule has 4 rings (SSSR count). The van der Waals surface area contributed by atoms with Gasteiger partial charge in [0.15, 0.2) is 5.65 Å². The third kappa shape index (κ3) is 2.89. The van der Waals surface area contributed by atoms with Crippen molar-refractivity contribution in [1.29, 1.82) is 0 Å². The van der Waals surface area contributed by atoms with E-state index in [0.29, 0.717) is 17.8 Å². The largest absolute Gasteiger partial charge is 0.383 e. The summed E-state index contributed by atoms with van der Waals surface area (Å²) in [6, 6.07) is 6.37. The topological polar surface area (TPSA) is 89.0 Å². The minimum atomic E-state index is 0.300. The molecule has 3 aromatic heterocycles. The minimum absolute atomic E-state index is 0.300. The van der Waals surface area contributed by atoms with Gasteiger partial charge >= 0.3 is 0 Å². The number of aromatic nitrogens is 5. The Morgan fingerprint density at radius 1 is 1.12 bits per heavy atom. The van der Waals surface area contributed by atoms with Crippen LogP contribution in [0, 0.1) is 0 Å². The Labute approximate surface area is 146 Å². The Bertz CT molecular complexity index is 867. The lowest BCUT2D eigenvalue weighted by atomic mass is 10.1. The zero-order chi connectivity index (χ0) is 17.4. The summed E-state index contributed by atoms with van der Waals surface area (Å²) in [5.41, 5.74) is 7.95. The summed E-state index contributed by atoms with van der Waals surface area (Å²) in [5.74, 6) is 1.16. The van der Waals surface area contributed by atoms with Gasteiger partial charge in [0, 0.05) is 45.5 Å². The zero-order valence-corrected chi connectivity index (χ0v) is 14.5. The van der Waals surface area contributed by atoms with Crippen LogP contribution >= 0.6 is 0 Å². The maximum atomic E-state index is 6.08. The Morgan fingerprint density at radius 3 is 2.64 bits per heavy atom. The summed E-state index contributed by atoms with van der Waals surface area (Å²) in [4.78, 5) is 18.2. The number of nitrogen functional groups attached to an aromatic ring is 1. The summed E-state index contributed by atoms with van der Waals surface area (Å²) in [5, 5.41) is 5.01. The van der Waals surface area contributed by atoms with Crippen molar-refractivity contribution in [3.05, 3.63) is 36.3 Å². The Balaban J connectivity index is 1.49. The molecule has 0 unspecified atom stereocenters. The molecule has 1 aliphatic rings. The van der Waals surface area contributed by atoms with E-state index in [1.165, 1.54) is 0 Å². The molecule has 3 aromatic rings. The second kappa shape index (κ2) is 6.29. The lowest BCUT2D eigenvalue weighted by molar-refractivity contribution is 0.194. The van der Waals surface area contributed by atoms with E-state index in [1.54, 1.807) is 10.9 Å². The van der Waals surface area contributed by atoms with Crippen molar-refractivity contribution < 1.29 is 0 Å². The lowest BCUT2D eigenvalue weighted by Gasteiger charge is -2.37. The van der Waals surface area contributed by atoms with E-state index in [2.05, 4.69) is 42.8 Å². The molecule has 0 aliphatic carbocycles. The molecular formula is C17H22N8. The molecule has 25 heavy (non-hydrogen) atoms. The first-order chi connectivity index (χ1) is 12.1. The average molecular weight is 338 g/mol. The third-order valence-corrected chi connectivity index (χ3v) is 4.87. The molecule has 0 spiro atoms.